The smallest absolute Gasteiger partial charge is 0.407 e. The Morgan fingerprint density at radius 2 is 1.54 bits per heavy atom. The van der Waals surface area contributed by atoms with Crippen LogP contribution in [0.25, 0.3) is 0 Å². The molecule has 3 N–H and O–H groups in total. The molecule has 1 amide bonds. The minimum Gasteiger partial charge on any atom is -0.465 e. The molecule has 2 aliphatic rings. The van der Waals surface area contributed by atoms with Crippen molar-refractivity contribution in [1.82, 2.24) is 9.80 Å². The summed E-state index contributed by atoms with van der Waals surface area (Å²) in [5.74, 6) is 0.118. The predicted octanol–water partition coefficient (Wildman–Crippen LogP) is 2.58. The molecule has 136 valence electrons. The summed E-state index contributed by atoms with van der Waals surface area (Å²) in [6.45, 7) is 1.89. The van der Waals surface area contributed by atoms with Gasteiger partial charge in [-0.05, 0) is 17.5 Å². The van der Waals surface area contributed by atoms with Gasteiger partial charge in [-0.25, -0.2) is 4.79 Å². The van der Waals surface area contributed by atoms with Crippen molar-refractivity contribution in [2.24, 2.45) is 5.73 Å². The number of hydrogen-bond acceptors (Lipinski definition) is 3. The fraction of sp³-hybridized carbons (Fsp3) is 0.381. The van der Waals surface area contributed by atoms with Crippen LogP contribution in [0, 0.1) is 0 Å². The van der Waals surface area contributed by atoms with Gasteiger partial charge in [0.2, 0.25) is 0 Å². The van der Waals surface area contributed by atoms with E-state index in [-0.39, 0.29) is 24.0 Å². The van der Waals surface area contributed by atoms with E-state index in [1.165, 1.54) is 11.1 Å². The lowest BCUT2D eigenvalue weighted by atomic mass is 9.82. The fourth-order valence-corrected chi connectivity index (χ4v) is 4.64. The highest BCUT2D eigenvalue weighted by atomic mass is 16.4. The zero-order chi connectivity index (χ0) is 18.1. The first-order valence-corrected chi connectivity index (χ1v) is 9.22. The molecule has 2 fully saturated rings. The molecule has 5 nitrogen and oxygen atoms in total. The van der Waals surface area contributed by atoms with Gasteiger partial charge in [0, 0.05) is 43.7 Å². The maximum absolute atomic E-state index is 11.7. The van der Waals surface area contributed by atoms with Crippen LogP contribution in [0.4, 0.5) is 4.79 Å². The third-order valence-electron chi connectivity index (χ3n) is 5.73. The molecule has 0 bridgehead atoms. The Labute approximate surface area is 154 Å². The molecule has 0 radical (unpaired) electrons. The average molecular weight is 351 g/mol. The quantitative estimate of drug-likeness (QED) is 0.892. The third-order valence-corrected chi connectivity index (χ3v) is 5.73. The Hall–Kier alpha value is -2.37. The number of nitrogens with two attached hydrogens (primary N) is 1. The minimum atomic E-state index is -0.838. The summed E-state index contributed by atoms with van der Waals surface area (Å²) in [7, 11) is 0. The van der Waals surface area contributed by atoms with Gasteiger partial charge in [-0.2, -0.15) is 0 Å². The molecule has 1 unspecified atom stereocenters. The number of piperazine rings is 1. The molecule has 26 heavy (non-hydrogen) atoms. The van der Waals surface area contributed by atoms with Gasteiger partial charge in [0.15, 0.2) is 0 Å². The van der Waals surface area contributed by atoms with Crippen LogP contribution in [0.2, 0.25) is 0 Å². The van der Waals surface area contributed by atoms with Crippen LogP contribution in [0.1, 0.15) is 23.5 Å². The van der Waals surface area contributed by atoms with Gasteiger partial charge in [-0.15, -0.1) is 0 Å². The summed E-state index contributed by atoms with van der Waals surface area (Å²) in [6, 6.07) is 21.2. The highest BCUT2D eigenvalue weighted by molar-refractivity contribution is 5.65. The van der Waals surface area contributed by atoms with E-state index in [1.54, 1.807) is 4.90 Å². The standard InChI is InChI=1S/C21H25N3O2/c22-17-11-18-13-23(21(25)26)14-19(24(18)12-17)20(15-7-3-1-4-8-15)16-9-5-2-6-10-16/h1-10,17-20H,11-14,22H2,(H,25,26)/t17?,18-,19-/m0/s1. The highest BCUT2D eigenvalue weighted by Crippen LogP contribution is 2.37. The van der Waals surface area contributed by atoms with E-state index in [0.717, 1.165) is 13.0 Å². The molecule has 0 saturated carbocycles. The third kappa shape index (κ3) is 3.20. The number of carbonyl (C=O) groups is 1. The monoisotopic (exact) mass is 351 g/mol. The van der Waals surface area contributed by atoms with Gasteiger partial charge < -0.3 is 15.7 Å². The van der Waals surface area contributed by atoms with Crippen LogP contribution in [0.5, 0.6) is 0 Å². The van der Waals surface area contributed by atoms with E-state index < -0.39 is 6.09 Å². The summed E-state index contributed by atoms with van der Waals surface area (Å²) >= 11 is 0. The lowest BCUT2D eigenvalue weighted by Crippen LogP contribution is -2.59. The van der Waals surface area contributed by atoms with Crippen molar-refractivity contribution in [2.45, 2.75) is 30.5 Å². The van der Waals surface area contributed by atoms with Crippen molar-refractivity contribution < 1.29 is 9.90 Å². The van der Waals surface area contributed by atoms with E-state index in [2.05, 4.69) is 53.4 Å². The summed E-state index contributed by atoms with van der Waals surface area (Å²) < 4.78 is 0. The van der Waals surface area contributed by atoms with E-state index in [9.17, 15) is 9.90 Å². The molecule has 2 aromatic rings. The number of rotatable bonds is 3. The van der Waals surface area contributed by atoms with Gasteiger partial charge in [-0.1, -0.05) is 60.7 Å². The molecule has 2 saturated heterocycles. The van der Waals surface area contributed by atoms with E-state index in [4.69, 9.17) is 5.73 Å². The van der Waals surface area contributed by atoms with E-state index in [0.29, 0.717) is 13.1 Å². The number of benzene rings is 2. The molecule has 0 spiro atoms. The van der Waals surface area contributed by atoms with Crippen LogP contribution in [0.15, 0.2) is 60.7 Å². The van der Waals surface area contributed by atoms with Gasteiger partial charge in [0.25, 0.3) is 0 Å². The zero-order valence-corrected chi connectivity index (χ0v) is 14.7. The fourth-order valence-electron chi connectivity index (χ4n) is 4.64. The normalized spacial score (nSPS) is 26.1. The summed E-state index contributed by atoms with van der Waals surface area (Å²) in [4.78, 5) is 15.8. The van der Waals surface area contributed by atoms with Crippen LogP contribution in [0.3, 0.4) is 0 Å². The number of amides is 1. The molecule has 0 aliphatic carbocycles. The van der Waals surface area contributed by atoms with E-state index in [1.807, 2.05) is 12.1 Å². The molecule has 3 atom stereocenters. The van der Waals surface area contributed by atoms with Crippen molar-refractivity contribution in [1.29, 1.82) is 0 Å². The first-order valence-electron chi connectivity index (χ1n) is 9.22. The van der Waals surface area contributed by atoms with Crippen LogP contribution in [-0.4, -0.2) is 58.8 Å². The number of nitrogens with zero attached hydrogens (tertiary/aromatic N) is 2. The van der Waals surface area contributed by atoms with Gasteiger partial charge in [-0.3, -0.25) is 4.90 Å². The summed E-state index contributed by atoms with van der Waals surface area (Å²) in [5.41, 5.74) is 8.68. The van der Waals surface area contributed by atoms with Crippen LogP contribution in [-0.2, 0) is 0 Å². The lowest BCUT2D eigenvalue weighted by Gasteiger charge is -2.46. The zero-order valence-electron chi connectivity index (χ0n) is 14.7. The van der Waals surface area contributed by atoms with Gasteiger partial charge >= 0.3 is 6.09 Å². The molecular weight excluding hydrogens is 326 g/mol. The van der Waals surface area contributed by atoms with Crippen molar-refractivity contribution in [3.05, 3.63) is 71.8 Å². The maximum Gasteiger partial charge on any atom is 0.407 e. The van der Waals surface area contributed by atoms with Crippen molar-refractivity contribution in [3.63, 3.8) is 0 Å². The average Bonchev–Trinajstić information content (AvgIpc) is 3.04. The van der Waals surface area contributed by atoms with E-state index >= 15 is 0 Å². The number of hydrogen-bond donors (Lipinski definition) is 2. The maximum atomic E-state index is 11.7. The molecule has 0 aromatic heterocycles. The van der Waals surface area contributed by atoms with Crippen molar-refractivity contribution in [2.75, 3.05) is 19.6 Å². The Kier molecular flexibility index (Phi) is 4.66. The molecule has 5 heteroatoms. The first kappa shape index (κ1) is 17.1. The largest absolute Gasteiger partial charge is 0.465 e. The van der Waals surface area contributed by atoms with Crippen LogP contribution < -0.4 is 5.73 Å². The first-order chi connectivity index (χ1) is 12.6. The van der Waals surface area contributed by atoms with Gasteiger partial charge in [0.05, 0.1) is 0 Å². The number of carboxylic acid groups (broad SMARTS) is 1. The summed E-state index contributed by atoms with van der Waals surface area (Å²) in [5, 5.41) is 9.64. The second-order valence-electron chi connectivity index (χ2n) is 7.40. The highest BCUT2D eigenvalue weighted by Gasteiger charge is 2.45. The minimum absolute atomic E-state index is 0.0863. The van der Waals surface area contributed by atoms with Crippen molar-refractivity contribution >= 4 is 6.09 Å². The van der Waals surface area contributed by atoms with Crippen molar-refractivity contribution in [3.8, 4) is 0 Å². The second kappa shape index (κ2) is 7.09. The summed E-state index contributed by atoms with van der Waals surface area (Å²) in [6.07, 6.45) is 0.0197. The molecular formula is C21H25N3O2. The Balaban J connectivity index is 1.76. The molecule has 2 aromatic carbocycles. The topological polar surface area (TPSA) is 69.8 Å². The Morgan fingerprint density at radius 3 is 2.08 bits per heavy atom. The molecule has 4 rings (SSSR count). The molecule has 2 aliphatic heterocycles. The second-order valence-corrected chi connectivity index (χ2v) is 7.40. The lowest BCUT2D eigenvalue weighted by molar-refractivity contribution is 0.0431. The Bertz CT molecular complexity index is 713. The number of fused-ring (bicyclic) bond motifs is 1. The van der Waals surface area contributed by atoms with Gasteiger partial charge in [0.1, 0.15) is 0 Å². The predicted molar refractivity (Wildman–Crippen MR) is 101 cm³/mol. The molecule has 2 heterocycles. The van der Waals surface area contributed by atoms with Crippen LogP contribution >= 0.6 is 0 Å². The SMILES string of the molecule is NC1C[C@H]2CN(C(=O)O)C[C@@H](C(c3ccccc3)c3ccccc3)N2C1. The Morgan fingerprint density at radius 1 is 0.962 bits per heavy atom.